The minimum atomic E-state index is -0.158. The molecule has 0 amide bonds. The van der Waals surface area contributed by atoms with Gasteiger partial charge in [0.1, 0.15) is 5.82 Å². The predicted molar refractivity (Wildman–Crippen MR) is 73.4 cm³/mol. The molecule has 94 valence electrons. The molecule has 1 saturated heterocycles. The Morgan fingerprint density at radius 1 is 1.35 bits per heavy atom. The van der Waals surface area contributed by atoms with E-state index in [1.165, 1.54) is 6.07 Å². The highest BCUT2D eigenvalue weighted by Crippen LogP contribution is 2.38. The Morgan fingerprint density at radius 2 is 2.12 bits per heavy atom. The van der Waals surface area contributed by atoms with Crippen LogP contribution in [0.15, 0.2) is 29.2 Å². The normalized spacial score (nSPS) is 19.2. The van der Waals surface area contributed by atoms with Crippen LogP contribution in [0.3, 0.4) is 0 Å². The average Bonchev–Trinajstić information content (AvgIpc) is 2.38. The van der Waals surface area contributed by atoms with E-state index in [1.54, 1.807) is 23.9 Å². The van der Waals surface area contributed by atoms with Gasteiger partial charge in [-0.25, -0.2) is 4.39 Å². The lowest BCUT2D eigenvalue weighted by molar-refractivity contribution is 0.0374. The molecule has 0 aromatic heterocycles. The van der Waals surface area contributed by atoms with Gasteiger partial charge in [0.25, 0.3) is 0 Å². The van der Waals surface area contributed by atoms with Crippen LogP contribution in [-0.4, -0.2) is 24.3 Å². The Balaban J connectivity index is 1.95. The molecule has 1 aromatic rings. The minimum absolute atomic E-state index is 0.158. The van der Waals surface area contributed by atoms with Crippen molar-refractivity contribution in [3.63, 3.8) is 0 Å². The van der Waals surface area contributed by atoms with Gasteiger partial charge in [0, 0.05) is 29.2 Å². The Kier molecular flexibility index (Phi) is 4.88. The van der Waals surface area contributed by atoms with Crippen molar-refractivity contribution in [3.05, 3.63) is 30.1 Å². The van der Waals surface area contributed by atoms with Crippen LogP contribution in [0, 0.1) is 11.2 Å². The molecular weight excluding hydrogens is 303 g/mol. The first-order valence-electron chi connectivity index (χ1n) is 5.76. The average molecular weight is 319 g/mol. The number of halogens is 2. The number of benzene rings is 1. The molecule has 0 saturated carbocycles. The number of thioether (sulfide) groups is 1. The zero-order valence-corrected chi connectivity index (χ0v) is 12.0. The molecule has 4 heteroatoms. The van der Waals surface area contributed by atoms with E-state index in [2.05, 4.69) is 15.9 Å². The molecule has 0 unspecified atom stereocenters. The molecule has 1 nitrogen and oxygen atoms in total. The molecule has 0 N–H and O–H groups in total. The first-order chi connectivity index (χ1) is 8.24. The SMILES string of the molecule is Fc1cccc(SCC2(CBr)CCOCC2)c1. The Hall–Kier alpha value is -0.0600. The summed E-state index contributed by atoms with van der Waals surface area (Å²) >= 11 is 5.35. The summed E-state index contributed by atoms with van der Waals surface area (Å²) in [5.74, 6) is 0.861. The Labute approximate surface area is 114 Å². The van der Waals surface area contributed by atoms with E-state index in [9.17, 15) is 4.39 Å². The third-order valence-corrected chi connectivity index (χ3v) is 5.71. The zero-order chi connectivity index (χ0) is 12.1. The van der Waals surface area contributed by atoms with Crippen LogP contribution in [0.25, 0.3) is 0 Å². The molecule has 0 spiro atoms. The van der Waals surface area contributed by atoms with Gasteiger partial charge in [-0.3, -0.25) is 0 Å². The second kappa shape index (κ2) is 6.21. The summed E-state index contributed by atoms with van der Waals surface area (Å²) in [7, 11) is 0. The summed E-state index contributed by atoms with van der Waals surface area (Å²) in [5.41, 5.74) is 0.301. The van der Waals surface area contributed by atoms with Crippen molar-refractivity contribution in [1.29, 1.82) is 0 Å². The maximum Gasteiger partial charge on any atom is 0.124 e. The molecule has 2 rings (SSSR count). The molecule has 0 atom stereocenters. The van der Waals surface area contributed by atoms with Crippen molar-refractivity contribution in [3.8, 4) is 0 Å². The number of hydrogen-bond donors (Lipinski definition) is 0. The highest BCUT2D eigenvalue weighted by Gasteiger charge is 2.31. The predicted octanol–water partition coefficient (Wildman–Crippen LogP) is 4.11. The van der Waals surface area contributed by atoms with Crippen LogP contribution in [0.2, 0.25) is 0 Å². The molecule has 1 aromatic carbocycles. The summed E-state index contributed by atoms with van der Waals surface area (Å²) in [6, 6.07) is 6.82. The summed E-state index contributed by atoms with van der Waals surface area (Å²) in [5, 5.41) is 0.992. The highest BCUT2D eigenvalue weighted by atomic mass is 79.9. The van der Waals surface area contributed by atoms with Gasteiger partial charge in [-0.05, 0) is 36.5 Å². The zero-order valence-electron chi connectivity index (χ0n) is 9.62. The smallest absolute Gasteiger partial charge is 0.124 e. The van der Waals surface area contributed by atoms with E-state index in [0.717, 1.165) is 42.0 Å². The van der Waals surface area contributed by atoms with E-state index in [0.29, 0.717) is 5.41 Å². The van der Waals surface area contributed by atoms with Gasteiger partial charge in [-0.2, -0.15) is 0 Å². The largest absolute Gasteiger partial charge is 0.381 e. The van der Waals surface area contributed by atoms with Gasteiger partial charge in [0.15, 0.2) is 0 Å². The standard InChI is InChI=1S/C13H16BrFOS/c14-9-13(4-6-16-7-5-13)10-17-12-3-1-2-11(15)8-12/h1-3,8H,4-7,9-10H2. The highest BCUT2D eigenvalue weighted by molar-refractivity contribution is 9.09. The molecular formula is C13H16BrFOS. The third kappa shape index (κ3) is 3.70. The van der Waals surface area contributed by atoms with Gasteiger partial charge in [-0.1, -0.05) is 22.0 Å². The molecule has 1 aliphatic rings. The Morgan fingerprint density at radius 3 is 2.76 bits per heavy atom. The van der Waals surface area contributed by atoms with Crippen molar-refractivity contribution >= 4 is 27.7 Å². The number of ether oxygens (including phenoxy) is 1. The topological polar surface area (TPSA) is 9.23 Å². The summed E-state index contributed by atoms with van der Waals surface area (Å²) in [6.45, 7) is 1.69. The third-order valence-electron chi connectivity index (χ3n) is 3.18. The summed E-state index contributed by atoms with van der Waals surface area (Å²) in [4.78, 5) is 1.01. The molecule has 1 fully saturated rings. The lowest BCUT2D eigenvalue weighted by atomic mass is 9.85. The molecule has 17 heavy (non-hydrogen) atoms. The first kappa shape index (κ1) is 13.4. The van der Waals surface area contributed by atoms with Gasteiger partial charge in [-0.15, -0.1) is 11.8 Å². The minimum Gasteiger partial charge on any atom is -0.381 e. The van der Waals surface area contributed by atoms with Crippen LogP contribution < -0.4 is 0 Å². The van der Waals surface area contributed by atoms with Crippen molar-refractivity contribution in [2.75, 3.05) is 24.3 Å². The van der Waals surface area contributed by atoms with Crippen molar-refractivity contribution in [2.24, 2.45) is 5.41 Å². The van der Waals surface area contributed by atoms with Crippen molar-refractivity contribution in [2.45, 2.75) is 17.7 Å². The Bertz CT molecular complexity index is 366. The van der Waals surface area contributed by atoms with E-state index in [4.69, 9.17) is 4.74 Å². The maximum absolute atomic E-state index is 13.1. The molecule has 0 bridgehead atoms. The number of hydrogen-bond acceptors (Lipinski definition) is 2. The fourth-order valence-electron chi connectivity index (χ4n) is 1.91. The summed E-state index contributed by atoms with van der Waals surface area (Å²) in [6.07, 6.45) is 2.17. The second-order valence-corrected chi connectivity index (χ2v) is 6.10. The first-order valence-corrected chi connectivity index (χ1v) is 7.87. The van der Waals surface area contributed by atoms with Gasteiger partial charge in [0.05, 0.1) is 0 Å². The van der Waals surface area contributed by atoms with Crippen LogP contribution in [0.1, 0.15) is 12.8 Å². The quantitative estimate of drug-likeness (QED) is 0.610. The molecule has 0 radical (unpaired) electrons. The van der Waals surface area contributed by atoms with Crippen molar-refractivity contribution < 1.29 is 9.13 Å². The number of rotatable bonds is 4. The van der Waals surface area contributed by atoms with Crippen LogP contribution in [0.5, 0.6) is 0 Å². The van der Waals surface area contributed by atoms with E-state index in [1.807, 2.05) is 6.07 Å². The molecule has 1 aliphatic heterocycles. The maximum atomic E-state index is 13.1. The van der Waals surface area contributed by atoms with Gasteiger partial charge < -0.3 is 4.74 Å². The monoisotopic (exact) mass is 318 g/mol. The van der Waals surface area contributed by atoms with E-state index < -0.39 is 0 Å². The van der Waals surface area contributed by atoms with Crippen LogP contribution >= 0.6 is 27.7 Å². The van der Waals surface area contributed by atoms with Crippen LogP contribution in [-0.2, 0) is 4.74 Å². The van der Waals surface area contributed by atoms with Crippen LogP contribution in [0.4, 0.5) is 4.39 Å². The molecule has 1 heterocycles. The lowest BCUT2D eigenvalue weighted by Gasteiger charge is -2.35. The fraction of sp³-hybridized carbons (Fsp3) is 0.538. The summed E-state index contributed by atoms with van der Waals surface area (Å²) < 4.78 is 18.5. The van der Waals surface area contributed by atoms with Crippen molar-refractivity contribution in [1.82, 2.24) is 0 Å². The van der Waals surface area contributed by atoms with Gasteiger partial charge in [0.2, 0.25) is 0 Å². The fourth-order valence-corrected chi connectivity index (χ4v) is 4.17. The van der Waals surface area contributed by atoms with E-state index >= 15 is 0 Å². The van der Waals surface area contributed by atoms with E-state index in [-0.39, 0.29) is 5.82 Å². The number of alkyl halides is 1. The van der Waals surface area contributed by atoms with Gasteiger partial charge >= 0.3 is 0 Å². The second-order valence-electron chi connectivity index (χ2n) is 4.49. The lowest BCUT2D eigenvalue weighted by Crippen LogP contribution is -2.33. The molecule has 0 aliphatic carbocycles.